The minimum atomic E-state index is -0.827. The van der Waals surface area contributed by atoms with E-state index in [4.69, 9.17) is 9.47 Å². The van der Waals surface area contributed by atoms with Crippen LogP contribution in [0, 0.1) is 10.1 Å². The van der Waals surface area contributed by atoms with E-state index in [9.17, 15) is 24.5 Å². The van der Waals surface area contributed by atoms with Crippen LogP contribution in [0.25, 0.3) is 6.08 Å². The summed E-state index contributed by atoms with van der Waals surface area (Å²) in [4.78, 5) is 53.4. The van der Waals surface area contributed by atoms with Crippen LogP contribution in [0.1, 0.15) is 45.0 Å². The van der Waals surface area contributed by atoms with Gasteiger partial charge in [-0.15, -0.1) is 0 Å². The number of amides is 1. The summed E-state index contributed by atoms with van der Waals surface area (Å²) >= 11 is 1.78. The average Bonchev–Trinajstić information content (AvgIpc) is 3.47. The molecule has 186 valence electrons. The first-order valence-electron chi connectivity index (χ1n) is 10.7. The molecule has 12 heteroatoms. The maximum absolute atomic E-state index is 12.8. The van der Waals surface area contributed by atoms with Crippen molar-refractivity contribution in [3.63, 3.8) is 0 Å². The highest BCUT2D eigenvalue weighted by Crippen LogP contribution is 2.41. The summed E-state index contributed by atoms with van der Waals surface area (Å²) in [7, 11) is 0. The number of ether oxygens (including phenoxy) is 2. The maximum atomic E-state index is 12.8. The van der Waals surface area contributed by atoms with Crippen molar-refractivity contribution in [3.05, 3.63) is 80.2 Å². The van der Waals surface area contributed by atoms with Gasteiger partial charge in [-0.1, -0.05) is 53.0 Å². The molecular formula is C24H21N3O7S2. The zero-order valence-corrected chi connectivity index (χ0v) is 20.9. The molecule has 0 bridgehead atoms. The van der Waals surface area contributed by atoms with E-state index in [2.05, 4.69) is 10.3 Å². The molecule has 0 radical (unpaired) electrons. The molecule has 0 spiro atoms. The lowest BCUT2D eigenvalue weighted by atomic mass is 10.1. The first-order chi connectivity index (χ1) is 17.3. The molecule has 0 fully saturated rings. The van der Waals surface area contributed by atoms with Gasteiger partial charge in [-0.05, 0) is 31.6 Å². The van der Waals surface area contributed by atoms with Crippen molar-refractivity contribution in [1.29, 1.82) is 0 Å². The van der Waals surface area contributed by atoms with Crippen molar-refractivity contribution in [3.8, 4) is 0 Å². The highest BCUT2D eigenvalue weighted by molar-refractivity contribution is 7.21. The van der Waals surface area contributed by atoms with E-state index in [0.717, 1.165) is 28.2 Å². The van der Waals surface area contributed by atoms with Crippen LogP contribution in [0.4, 0.5) is 15.0 Å². The van der Waals surface area contributed by atoms with Crippen molar-refractivity contribution in [2.45, 2.75) is 13.8 Å². The number of carbonyl (C=O) groups is 3. The summed E-state index contributed by atoms with van der Waals surface area (Å²) in [6.07, 6.45) is 4.23. The molecule has 10 nitrogen and oxygen atoms in total. The third kappa shape index (κ3) is 6.71. The van der Waals surface area contributed by atoms with Crippen LogP contribution in [0.2, 0.25) is 0 Å². The molecule has 1 amide bonds. The number of rotatable bonds is 10. The largest absolute Gasteiger partial charge is 0.462 e. The van der Waals surface area contributed by atoms with Crippen LogP contribution < -0.4 is 5.32 Å². The predicted octanol–water partition coefficient (Wildman–Crippen LogP) is 5.47. The number of nitrogens with one attached hydrogen (secondary N) is 1. The molecule has 0 aliphatic carbocycles. The van der Waals surface area contributed by atoms with Gasteiger partial charge in [0.1, 0.15) is 21.1 Å². The van der Waals surface area contributed by atoms with Gasteiger partial charge >= 0.3 is 16.9 Å². The number of benzene rings is 1. The third-order valence-corrected chi connectivity index (χ3v) is 6.40. The lowest BCUT2D eigenvalue weighted by Crippen LogP contribution is -2.16. The fourth-order valence-electron chi connectivity index (χ4n) is 2.91. The zero-order chi connectivity index (χ0) is 26.1. The first kappa shape index (κ1) is 26.4. The van der Waals surface area contributed by atoms with Crippen molar-refractivity contribution < 1.29 is 28.8 Å². The van der Waals surface area contributed by atoms with Gasteiger partial charge in [-0.3, -0.25) is 14.9 Å². The van der Waals surface area contributed by atoms with E-state index in [-0.39, 0.29) is 39.3 Å². The average molecular weight is 528 g/mol. The molecule has 0 atom stereocenters. The topological polar surface area (TPSA) is 137 Å². The van der Waals surface area contributed by atoms with Gasteiger partial charge < -0.3 is 14.8 Å². The van der Waals surface area contributed by atoms with Gasteiger partial charge in [-0.2, -0.15) is 0 Å². The molecule has 3 aromatic rings. The van der Waals surface area contributed by atoms with Gasteiger partial charge in [0.25, 0.3) is 0 Å². The van der Waals surface area contributed by atoms with Crippen LogP contribution in [0.5, 0.6) is 0 Å². The Balaban J connectivity index is 2.01. The van der Waals surface area contributed by atoms with E-state index in [1.807, 2.05) is 30.3 Å². The van der Waals surface area contributed by atoms with E-state index >= 15 is 0 Å². The molecule has 0 saturated carbocycles. The van der Waals surface area contributed by atoms with Crippen molar-refractivity contribution in [2.75, 3.05) is 18.5 Å². The number of aliphatic imine (C=N–C) groups is 1. The van der Waals surface area contributed by atoms with Crippen LogP contribution in [-0.4, -0.2) is 42.2 Å². The summed E-state index contributed by atoms with van der Waals surface area (Å²) in [5.74, 6) is -2.18. The minimum absolute atomic E-state index is 0.0374. The molecule has 1 N–H and O–H groups in total. The Kier molecular flexibility index (Phi) is 9.19. The van der Waals surface area contributed by atoms with Gasteiger partial charge in [-0.25, -0.2) is 14.6 Å². The van der Waals surface area contributed by atoms with E-state index in [1.54, 1.807) is 19.9 Å². The summed E-state index contributed by atoms with van der Waals surface area (Å²) in [6, 6.07) is 12.0. The van der Waals surface area contributed by atoms with Crippen LogP contribution >= 0.6 is 22.7 Å². The van der Waals surface area contributed by atoms with E-state index in [1.165, 1.54) is 24.4 Å². The molecule has 0 aliphatic heterocycles. The Morgan fingerprint density at radius 1 is 1.00 bits per heavy atom. The number of hydrogen-bond acceptors (Lipinski definition) is 10. The number of thiophene rings is 2. The third-order valence-electron chi connectivity index (χ3n) is 4.41. The quantitative estimate of drug-likeness (QED) is 0.121. The predicted molar refractivity (Wildman–Crippen MR) is 139 cm³/mol. The number of esters is 2. The smallest absolute Gasteiger partial charge is 0.342 e. The van der Waals surface area contributed by atoms with E-state index < -0.39 is 22.8 Å². The van der Waals surface area contributed by atoms with Gasteiger partial charge in [0.2, 0.25) is 5.91 Å². The van der Waals surface area contributed by atoms with Gasteiger partial charge in [0, 0.05) is 18.4 Å². The van der Waals surface area contributed by atoms with E-state index in [0.29, 0.717) is 4.88 Å². The zero-order valence-electron chi connectivity index (χ0n) is 19.3. The summed E-state index contributed by atoms with van der Waals surface area (Å²) < 4.78 is 10.2. The fourth-order valence-corrected chi connectivity index (χ4v) is 4.63. The number of nitro groups is 1. The molecule has 0 saturated heterocycles. The van der Waals surface area contributed by atoms with Crippen LogP contribution in [-0.2, 0) is 14.3 Å². The second-order valence-corrected chi connectivity index (χ2v) is 8.94. The van der Waals surface area contributed by atoms with Crippen LogP contribution in [0.15, 0.2) is 53.5 Å². The lowest BCUT2D eigenvalue weighted by molar-refractivity contribution is -0.380. The van der Waals surface area contributed by atoms with Crippen LogP contribution in [0.3, 0.4) is 0 Å². The Bertz CT molecular complexity index is 1330. The Hall–Kier alpha value is -4.16. The molecule has 36 heavy (non-hydrogen) atoms. The molecule has 2 aromatic heterocycles. The lowest BCUT2D eigenvalue weighted by Gasteiger charge is -2.07. The monoisotopic (exact) mass is 527 g/mol. The summed E-state index contributed by atoms with van der Waals surface area (Å²) in [6.45, 7) is 3.30. The molecule has 0 aliphatic rings. The SMILES string of the molecule is CCOC(=O)c1c(N=Cc2ccc([N+](=O)[O-])s2)sc(NC(=O)C=Cc2ccccc2)c1C(=O)OCC. The summed E-state index contributed by atoms with van der Waals surface area (Å²) in [5.41, 5.74) is 0.461. The molecule has 2 heterocycles. The first-order valence-corrected chi connectivity index (χ1v) is 12.3. The molecule has 1 aromatic carbocycles. The minimum Gasteiger partial charge on any atom is -0.462 e. The summed E-state index contributed by atoms with van der Waals surface area (Å²) in [5, 5.41) is 13.6. The number of nitrogens with zero attached hydrogens (tertiary/aromatic N) is 2. The van der Waals surface area contributed by atoms with Crippen molar-refractivity contribution in [1.82, 2.24) is 0 Å². The second-order valence-electron chi connectivity index (χ2n) is 6.85. The highest BCUT2D eigenvalue weighted by atomic mass is 32.1. The Morgan fingerprint density at radius 3 is 2.28 bits per heavy atom. The number of carbonyl (C=O) groups excluding carboxylic acids is 3. The fraction of sp³-hybridized carbons (Fsp3) is 0.167. The number of anilines is 1. The standard InChI is InChI=1S/C24H21N3O7S2/c1-3-33-23(29)19-20(24(30)34-4-2)22(26-17(28)12-10-15-8-6-5-7-9-15)36-21(19)25-14-16-11-13-18(35-16)27(31)32/h5-14H,3-4H2,1-2H3,(H,26,28). The normalized spacial score (nSPS) is 11.1. The number of hydrogen-bond donors (Lipinski definition) is 1. The maximum Gasteiger partial charge on any atom is 0.342 e. The van der Waals surface area contributed by atoms with Crippen molar-refractivity contribution in [2.24, 2.45) is 4.99 Å². The van der Waals surface area contributed by atoms with Gasteiger partial charge in [0.15, 0.2) is 0 Å². The highest BCUT2D eigenvalue weighted by Gasteiger charge is 2.31. The van der Waals surface area contributed by atoms with Gasteiger partial charge in [0.05, 0.1) is 23.0 Å². The molecular weight excluding hydrogens is 506 g/mol. The molecule has 0 unspecified atom stereocenters. The molecule has 3 rings (SSSR count). The van der Waals surface area contributed by atoms with Crippen molar-refractivity contribution >= 4 is 67.8 Å². The Labute approximate surface area is 214 Å². The Morgan fingerprint density at radius 2 is 1.67 bits per heavy atom. The second kappa shape index (κ2) is 12.5.